The quantitative estimate of drug-likeness (QED) is 0.185. The molecule has 0 atom stereocenters. The van der Waals surface area contributed by atoms with E-state index in [2.05, 4.69) is 28.5 Å². The summed E-state index contributed by atoms with van der Waals surface area (Å²) in [4.78, 5) is 0. The Morgan fingerprint density at radius 3 is 2.53 bits per heavy atom. The molecule has 2 aromatic heterocycles. The van der Waals surface area contributed by atoms with Crippen molar-refractivity contribution in [1.82, 2.24) is 14.9 Å². The van der Waals surface area contributed by atoms with E-state index in [0.29, 0.717) is 38.0 Å². The van der Waals surface area contributed by atoms with Crippen molar-refractivity contribution in [3.63, 3.8) is 0 Å². The van der Waals surface area contributed by atoms with E-state index < -0.39 is 0 Å². The molecule has 5 nitrogen and oxygen atoms in total. The number of halogens is 3. The third-order valence-corrected chi connectivity index (χ3v) is 7.79. The topological polar surface area (TPSA) is 53.1 Å². The number of aromatic nitrogens is 3. The van der Waals surface area contributed by atoms with Crippen LogP contribution in [0.4, 0.5) is 0 Å². The van der Waals surface area contributed by atoms with Crippen LogP contribution in [0.5, 0.6) is 5.75 Å². The Bertz CT molecular complexity index is 1680. The second-order valence-corrected chi connectivity index (χ2v) is 10.8. The Morgan fingerprint density at radius 2 is 1.79 bits per heavy atom. The minimum Gasteiger partial charge on any atom is -0.489 e. The van der Waals surface area contributed by atoms with Crippen molar-refractivity contribution >= 4 is 57.9 Å². The zero-order chi connectivity index (χ0) is 26.4. The van der Waals surface area contributed by atoms with E-state index in [9.17, 15) is 0 Å². The van der Waals surface area contributed by atoms with E-state index in [1.54, 1.807) is 12.1 Å². The number of nitrogens with zero attached hydrogens (tertiary/aromatic N) is 3. The highest BCUT2D eigenvalue weighted by molar-refractivity contribution is 6.39. The smallest absolute Gasteiger partial charge is 0.147 e. The van der Waals surface area contributed by atoms with Crippen molar-refractivity contribution in [1.29, 1.82) is 0 Å². The normalized spacial score (nSPS) is 13.6. The minimum absolute atomic E-state index is 0.266. The van der Waals surface area contributed by atoms with Crippen molar-refractivity contribution in [3.05, 3.63) is 97.8 Å². The Hall–Kier alpha value is -3.25. The lowest BCUT2D eigenvalue weighted by molar-refractivity contribution is 0.300. The van der Waals surface area contributed by atoms with Gasteiger partial charge in [0.15, 0.2) is 0 Å². The molecule has 0 radical (unpaired) electrons. The van der Waals surface area contributed by atoms with Crippen LogP contribution in [0.2, 0.25) is 15.1 Å². The van der Waals surface area contributed by atoms with Gasteiger partial charge in [0.2, 0.25) is 0 Å². The molecular weight excluding hydrogens is 541 g/mol. The summed E-state index contributed by atoms with van der Waals surface area (Å²) in [5, 5.41) is 11.6. The summed E-state index contributed by atoms with van der Waals surface area (Å²) >= 11 is 19.6. The van der Waals surface area contributed by atoms with Gasteiger partial charge in [-0.2, -0.15) is 5.10 Å². The maximum absolute atomic E-state index is 6.63. The predicted octanol–water partition coefficient (Wildman–Crippen LogP) is 9.12. The highest BCUT2D eigenvalue weighted by Crippen LogP contribution is 2.46. The highest BCUT2D eigenvalue weighted by atomic mass is 35.5. The lowest BCUT2D eigenvalue weighted by Gasteiger charge is -2.10. The van der Waals surface area contributed by atoms with Gasteiger partial charge in [-0.05, 0) is 67.3 Å². The van der Waals surface area contributed by atoms with Crippen molar-refractivity contribution in [2.75, 3.05) is 0 Å². The number of fused-ring (bicyclic) bond motifs is 1. The summed E-state index contributed by atoms with van der Waals surface area (Å²) in [5.41, 5.74) is 6.22. The van der Waals surface area contributed by atoms with Gasteiger partial charge in [-0.15, -0.1) is 0 Å². The maximum atomic E-state index is 6.63. The van der Waals surface area contributed by atoms with E-state index in [-0.39, 0.29) is 6.61 Å². The number of hydrogen-bond donors (Lipinski definition) is 0. The molecule has 0 amide bonds. The van der Waals surface area contributed by atoms with Gasteiger partial charge >= 0.3 is 0 Å². The number of hydrogen-bond acceptors (Lipinski definition) is 4. The summed E-state index contributed by atoms with van der Waals surface area (Å²) in [7, 11) is 1.96. The molecule has 0 N–H and O–H groups in total. The van der Waals surface area contributed by atoms with Gasteiger partial charge in [-0.25, -0.2) is 0 Å². The summed E-state index contributed by atoms with van der Waals surface area (Å²) < 4.78 is 13.8. The molecule has 5 aromatic rings. The fraction of sp³-hybridized carbons (Fsp3) is 0.200. The maximum Gasteiger partial charge on any atom is 0.147 e. The number of rotatable bonds is 7. The second kappa shape index (κ2) is 10.1. The first-order valence-electron chi connectivity index (χ1n) is 12.4. The van der Waals surface area contributed by atoms with Crippen LogP contribution < -0.4 is 4.74 Å². The Balaban J connectivity index is 1.22. The Kier molecular flexibility index (Phi) is 6.68. The van der Waals surface area contributed by atoms with Crippen molar-refractivity contribution in [3.8, 4) is 17.0 Å². The first kappa shape index (κ1) is 25.1. The highest BCUT2D eigenvalue weighted by Gasteiger charge is 2.33. The molecule has 1 fully saturated rings. The summed E-state index contributed by atoms with van der Waals surface area (Å²) in [6.07, 6.45) is 6.18. The lowest BCUT2D eigenvalue weighted by Crippen LogP contribution is -2.00. The van der Waals surface area contributed by atoms with Gasteiger partial charge in [-0.1, -0.05) is 70.3 Å². The second-order valence-electron chi connectivity index (χ2n) is 9.54. The molecule has 0 bridgehead atoms. The lowest BCUT2D eigenvalue weighted by atomic mass is 10.0. The van der Waals surface area contributed by atoms with Crippen LogP contribution >= 0.6 is 34.8 Å². The van der Waals surface area contributed by atoms with Crippen LogP contribution in [0, 0.1) is 6.92 Å². The van der Waals surface area contributed by atoms with Gasteiger partial charge in [0.05, 0.1) is 31.8 Å². The molecule has 0 spiro atoms. The summed E-state index contributed by atoms with van der Waals surface area (Å²) in [5.74, 6) is 1.84. The van der Waals surface area contributed by atoms with E-state index in [4.69, 9.17) is 44.1 Å². The van der Waals surface area contributed by atoms with Crippen LogP contribution in [0.25, 0.3) is 34.3 Å². The molecule has 8 heteroatoms. The monoisotopic (exact) mass is 563 g/mol. The van der Waals surface area contributed by atoms with Crippen LogP contribution in [0.15, 0.2) is 59.1 Å². The van der Waals surface area contributed by atoms with Crippen molar-refractivity contribution in [2.24, 2.45) is 7.05 Å². The first-order valence-corrected chi connectivity index (χ1v) is 13.5. The van der Waals surface area contributed by atoms with Gasteiger partial charge in [-0.3, -0.25) is 4.68 Å². The predicted molar refractivity (Wildman–Crippen MR) is 154 cm³/mol. The largest absolute Gasteiger partial charge is 0.489 e. The average Bonchev–Trinajstić information content (AvgIpc) is 3.60. The van der Waals surface area contributed by atoms with E-state index in [0.717, 1.165) is 51.9 Å². The number of aryl methyl sites for hydroxylation is 2. The minimum atomic E-state index is 0.266. The van der Waals surface area contributed by atoms with Crippen LogP contribution in [-0.2, 0) is 13.7 Å². The molecule has 1 aliphatic rings. The van der Waals surface area contributed by atoms with Crippen molar-refractivity contribution < 1.29 is 9.26 Å². The number of benzene rings is 3. The fourth-order valence-corrected chi connectivity index (χ4v) is 5.49. The third kappa shape index (κ3) is 4.82. The molecule has 2 heterocycles. The fourth-order valence-electron chi connectivity index (χ4n) is 4.68. The zero-order valence-corrected chi connectivity index (χ0v) is 23.1. The zero-order valence-electron chi connectivity index (χ0n) is 20.8. The van der Waals surface area contributed by atoms with Crippen LogP contribution in [-0.4, -0.2) is 14.9 Å². The van der Waals surface area contributed by atoms with Gasteiger partial charge in [0.25, 0.3) is 0 Å². The molecule has 3 aromatic carbocycles. The standard InChI is InChI=1S/C30H24Cl3N3O2/c1-17-22-13-7-18(14-27(22)36(2)34-17)6-8-19-11-12-21(15-26(19)33)37-16-23-29(35-38-30(23)20-9-10-20)28-24(31)4-3-5-25(28)32/h3-8,11-15,20H,9-10,16H2,1-2H3/b8-6+. The van der Waals surface area contributed by atoms with E-state index >= 15 is 0 Å². The SMILES string of the molecule is Cc1nn(C)c2cc(/C=C/c3ccc(OCc4c(-c5c(Cl)cccc5Cl)noc4C4CC4)cc3Cl)ccc12. The average molecular weight is 565 g/mol. The Labute approximate surface area is 235 Å². The Morgan fingerprint density at radius 1 is 1.00 bits per heavy atom. The molecule has 38 heavy (non-hydrogen) atoms. The van der Waals surface area contributed by atoms with Crippen LogP contribution in [0.1, 0.15) is 46.9 Å². The molecule has 0 aliphatic heterocycles. The van der Waals surface area contributed by atoms with Gasteiger partial charge in [0, 0.05) is 23.9 Å². The van der Waals surface area contributed by atoms with Crippen LogP contribution in [0.3, 0.4) is 0 Å². The molecule has 6 rings (SSSR count). The summed E-state index contributed by atoms with van der Waals surface area (Å²) in [6.45, 7) is 2.28. The molecule has 1 aliphatic carbocycles. The van der Waals surface area contributed by atoms with E-state index in [1.807, 2.05) is 55.1 Å². The van der Waals surface area contributed by atoms with E-state index in [1.165, 1.54) is 0 Å². The van der Waals surface area contributed by atoms with Gasteiger partial charge < -0.3 is 9.26 Å². The summed E-state index contributed by atoms with van der Waals surface area (Å²) in [6, 6.07) is 17.4. The molecule has 192 valence electrons. The molecule has 0 unspecified atom stereocenters. The van der Waals surface area contributed by atoms with Gasteiger partial charge in [0.1, 0.15) is 23.8 Å². The molecule has 0 saturated heterocycles. The third-order valence-electron chi connectivity index (χ3n) is 6.84. The number of ether oxygens (including phenoxy) is 1. The molecule has 1 saturated carbocycles. The van der Waals surface area contributed by atoms with Crippen molar-refractivity contribution in [2.45, 2.75) is 32.3 Å². The first-order chi connectivity index (χ1) is 18.4. The molecular formula is C30H24Cl3N3O2.